The van der Waals surface area contributed by atoms with Crippen LogP contribution in [0.4, 0.5) is 4.39 Å². The normalized spacial score (nSPS) is 24.1. The Morgan fingerprint density at radius 3 is 2.65 bits per heavy atom. The first-order chi connectivity index (χ1) is 23.7. The molecule has 252 valence electrons. The van der Waals surface area contributed by atoms with Crippen LogP contribution in [0.1, 0.15) is 96.1 Å². The van der Waals surface area contributed by atoms with Crippen molar-refractivity contribution < 1.29 is 14.0 Å². The number of nitrogens with zero attached hydrogens (tertiary/aromatic N) is 6. The molecule has 4 bridgehead atoms. The predicted octanol–water partition coefficient (Wildman–Crippen LogP) is 6.35. The van der Waals surface area contributed by atoms with Crippen molar-refractivity contribution in [3.63, 3.8) is 0 Å². The van der Waals surface area contributed by atoms with Crippen LogP contribution in [0.25, 0.3) is 33.6 Å². The molecule has 3 N–H and O–H groups in total. The number of imidazole rings is 1. The summed E-state index contributed by atoms with van der Waals surface area (Å²) in [5, 5.41) is 4.41. The average molecular weight is 681 g/mol. The molecule has 2 aliphatic carbocycles. The summed E-state index contributed by atoms with van der Waals surface area (Å²) in [4.78, 5) is 43.5. The minimum Gasteiger partial charge on any atom is -0.344 e. The number of carbonyl (C=O) groups is 2. The van der Waals surface area contributed by atoms with E-state index in [1.165, 1.54) is 6.07 Å². The number of aromatic nitrogens is 5. The number of aryl methyl sites for hydroxylation is 2. The van der Waals surface area contributed by atoms with Gasteiger partial charge in [-0.3, -0.25) is 9.59 Å². The van der Waals surface area contributed by atoms with Gasteiger partial charge >= 0.3 is 0 Å². The Labute approximate surface area is 287 Å². The second-order valence-electron chi connectivity index (χ2n) is 14.3. The minimum absolute atomic E-state index is 0.0117. The number of nitrogens with one attached hydrogen (secondary N) is 1. The van der Waals surface area contributed by atoms with Gasteiger partial charge in [0.25, 0.3) is 11.8 Å². The van der Waals surface area contributed by atoms with E-state index in [0.717, 1.165) is 67.4 Å². The summed E-state index contributed by atoms with van der Waals surface area (Å²) in [5.74, 6) is 0.174. The van der Waals surface area contributed by atoms with E-state index < -0.39 is 5.82 Å². The quantitative estimate of drug-likeness (QED) is 0.214. The number of benzene rings is 1. The van der Waals surface area contributed by atoms with E-state index >= 15 is 4.39 Å². The van der Waals surface area contributed by atoms with Gasteiger partial charge < -0.3 is 25.1 Å². The Balaban J connectivity index is 1.13. The van der Waals surface area contributed by atoms with Crippen LogP contribution in [-0.4, -0.2) is 59.4 Å². The fraction of sp³-hybridized carbons (Fsp3) is 0.432. The molecule has 0 radical (unpaired) electrons. The van der Waals surface area contributed by atoms with E-state index in [0.29, 0.717) is 64.3 Å². The molecule has 0 unspecified atom stereocenters. The van der Waals surface area contributed by atoms with Crippen LogP contribution in [0.2, 0.25) is 5.15 Å². The van der Waals surface area contributed by atoms with Gasteiger partial charge in [0.05, 0.1) is 34.2 Å². The lowest BCUT2D eigenvalue weighted by Crippen LogP contribution is -2.41. The Kier molecular flexibility index (Phi) is 7.28. The first-order valence-electron chi connectivity index (χ1n) is 17.5. The highest BCUT2D eigenvalue weighted by Gasteiger charge is 2.47. The standard InChI is InChI=1S/C37H38ClFN8O2/c1-19-26-11-6-20-17-30(45(34(20)43-26)14-4-2-3-5-27-24(36(48)41-19)10-13-31(38)42-27)35-44-28-16-22(15-25(39)33(28)47(35)23-8-9-23)37(49)46-18-21-7-12-29(46)32(21)40/h6,10-11,13,15-17,19,21,23,29,32H,2-5,7-9,12,14,18,40H2,1H3,(H,41,48)/t19-,21-,29-,32-/m1/s1. The Morgan fingerprint density at radius 1 is 1.02 bits per heavy atom. The highest BCUT2D eigenvalue weighted by molar-refractivity contribution is 6.29. The van der Waals surface area contributed by atoms with E-state index in [2.05, 4.69) is 20.9 Å². The van der Waals surface area contributed by atoms with Crippen LogP contribution in [0.3, 0.4) is 0 Å². The third-order valence-electron chi connectivity index (χ3n) is 11.1. The first kappa shape index (κ1) is 30.7. The second-order valence-corrected chi connectivity index (χ2v) is 14.7. The number of halogens is 2. The van der Waals surface area contributed by atoms with Gasteiger partial charge in [-0.2, -0.15) is 0 Å². The number of pyridine rings is 2. The van der Waals surface area contributed by atoms with Gasteiger partial charge in [-0.15, -0.1) is 0 Å². The molecule has 2 amide bonds. The molecule has 4 aliphatic rings. The summed E-state index contributed by atoms with van der Waals surface area (Å²) in [6.07, 6.45) is 7.03. The van der Waals surface area contributed by atoms with Crippen molar-refractivity contribution in [3.05, 3.63) is 75.9 Å². The molecule has 1 saturated heterocycles. The van der Waals surface area contributed by atoms with Gasteiger partial charge in [-0.1, -0.05) is 18.0 Å². The molecule has 0 spiro atoms. The summed E-state index contributed by atoms with van der Waals surface area (Å²) < 4.78 is 20.4. The molecule has 10 nitrogen and oxygen atoms in total. The largest absolute Gasteiger partial charge is 0.344 e. The van der Waals surface area contributed by atoms with E-state index in [4.69, 9.17) is 27.3 Å². The summed E-state index contributed by atoms with van der Waals surface area (Å²) in [6.45, 7) is 3.23. The zero-order chi connectivity index (χ0) is 33.6. The van der Waals surface area contributed by atoms with E-state index in [1.54, 1.807) is 18.2 Å². The van der Waals surface area contributed by atoms with Crippen molar-refractivity contribution in [2.75, 3.05) is 6.54 Å². The Hall–Kier alpha value is -4.35. The number of fused-ring (bicyclic) bond motifs is 5. The molecular weight excluding hydrogens is 643 g/mol. The number of piperidine rings is 1. The number of hydrogen-bond donors (Lipinski definition) is 2. The number of carbonyl (C=O) groups excluding carboxylic acids is 2. The number of likely N-dealkylation sites (tertiary alicyclic amines) is 1. The highest BCUT2D eigenvalue weighted by Crippen LogP contribution is 2.44. The molecule has 4 aromatic heterocycles. The molecule has 6 heterocycles. The maximum Gasteiger partial charge on any atom is 0.254 e. The SMILES string of the molecule is C[C@H]1NC(=O)c2ccc(Cl)nc2CCCCCn2c(-c3nc4cc(C(=O)N5C[C@H]6CC[C@@H]5[C@@H]6N)cc(F)c4n3C3CC3)cc3ccc1nc32. The molecular formula is C37H38ClFN8O2. The molecule has 5 aromatic rings. The zero-order valence-electron chi connectivity index (χ0n) is 27.3. The number of amides is 2. The number of hydrogen-bond acceptors (Lipinski definition) is 6. The molecule has 3 fully saturated rings. The third-order valence-corrected chi connectivity index (χ3v) is 11.3. The van der Waals surface area contributed by atoms with Crippen LogP contribution in [0, 0.1) is 11.7 Å². The van der Waals surface area contributed by atoms with Gasteiger partial charge in [0.1, 0.15) is 22.1 Å². The van der Waals surface area contributed by atoms with Crippen LogP contribution < -0.4 is 11.1 Å². The van der Waals surface area contributed by atoms with Crippen LogP contribution >= 0.6 is 11.6 Å². The Morgan fingerprint density at radius 2 is 1.88 bits per heavy atom. The van der Waals surface area contributed by atoms with Gasteiger partial charge in [0, 0.05) is 42.2 Å². The fourth-order valence-electron chi connectivity index (χ4n) is 8.38. The van der Waals surface area contributed by atoms with Crippen molar-refractivity contribution in [3.8, 4) is 11.5 Å². The maximum atomic E-state index is 16.2. The summed E-state index contributed by atoms with van der Waals surface area (Å²) in [7, 11) is 0. The summed E-state index contributed by atoms with van der Waals surface area (Å²) in [5.41, 5.74) is 11.2. The number of nitrogens with two attached hydrogens (primary N) is 1. The van der Waals surface area contributed by atoms with Gasteiger partial charge in [0.2, 0.25) is 0 Å². The molecule has 2 aliphatic heterocycles. The van der Waals surface area contributed by atoms with E-state index in [1.807, 2.05) is 28.5 Å². The fourth-order valence-corrected chi connectivity index (χ4v) is 8.54. The Bertz CT molecular complexity index is 2170. The topological polar surface area (TPSA) is 124 Å². The summed E-state index contributed by atoms with van der Waals surface area (Å²) in [6, 6.07) is 12.3. The van der Waals surface area contributed by atoms with Crippen molar-refractivity contribution in [2.24, 2.45) is 11.7 Å². The lowest BCUT2D eigenvalue weighted by molar-refractivity contribution is 0.0700. The highest BCUT2D eigenvalue weighted by atomic mass is 35.5. The van der Waals surface area contributed by atoms with E-state index in [9.17, 15) is 9.59 Å². The molecule has 12 heteroatoms. The summed E-state index contributed by atoms with van der Waals surface area (Å²) >= 11 is 6.22. The van der Waals surface area contributed by atoms with Gasteiger partial charge in [-0.05, 0) is 100 Å². The van der Waals surface area contributed by atoms with Gasteiger partial charge in [0.15, 0.2) is 5.82 Å². The van der Waals surface area contributed by atoms with Crippen molar-refractivity contribution >= 4 is 45.5 Å². The van der Waals surface area contributed by atoms with Gasteiger partial charge in [-0.25, -0.2) is 19.3 Å². The molecule has 1 aromatic carbocycles. The van der Waals surface area contributed by atoms with E-state index in [-0.39, 0.29) is 36.0 Å². The monoisotopic (exact) mass is 680 g/mol. The lowest BCUT2D eigenvalue weighted by atomic mass is 10.1. The van der Waals surface area contributed by atoms with Crippen molar-refractivity contribution in [1.82, 2.24) is 34.3 Å². The first-order valence-corrected chi connectivity index (χ1v) is 17.9. The average Bonchev–Trinajstić information content (AvgIpc) is 3.48. The van der Waals surface area contributed by atoms with Crippen LogP contribution in [0.5, 0.6) is 0 Å². The van der Waals surface area contributed by atoms with Crippen molar-refractivity contribution in [2.45, 2.75) is 89.0 Å². The predicted molar refractivity (Wildman–Crippen MR) is 185 cm³/mol. The smallest absolute Gasteiger partial charge is 0.254 e. The number of rotatable bonds is 3. The molecule has 4 atom stereocenters. The molecule has 2 saturated carbocycles. The third kappa shape index (κ3) is 5.12. The second kappa shape index (κ2) is 11.6. The molecule has 9 rings (SSSR count). The maximum absolute atomic E-state index is 16.2. The van der Waals surface area contributed by atoms with Crippen LogP contribution in [0.15, 0.2) is 42.5 Å². The lowest BCUT2D eigenvalue weighted by Gasteiger charge is -2.27. The van der Waals surface area contributed by atoms with Crippen molar-refractivity contribution in [1.29, 1.82) is 0 Å². The minimum atomic E-state index is -0.434. The van der Waals surface area contributed by atoms with Crippen LogP contribution in [-0.2, 0) is 13.0 Å². The zero-order valence-corrected chi connectivity index (χ0v) is 28.1. The molecule has 49 heavy (non-hydrogen) atoms.